The number of ether oxygens (including phenoxy) is 4. The van der Waals surface area contributed by atoms with Crippen molar-refractivity contribution in [2.24, 2.45) is 11.8 Å². The summed E-state index contributed by atoms with van der Waals surface area (Å²) in [5.41, 5.74) is 0. The van der Waals surface area contributed by atoms with E-state index in [1.54, 1.807) is 0 Å². The maximum absolute atomic E-state index is 13.0. The fraction of sp³-hybridized carbons (Fsp3) is 0.829. The van der Waals surface area contributed by atoms with Gasteiger partial charge in [-0.25, -0.2) is 9.13 Å². The van der Waals surface area contributed by atoms with Crippen LogP contribution in [0.2, 0.25) is 0 Å². The molecule has 0 heterocycles. The zero-order valence-electron chi connectivity index (χ0n) is 56.7. The number of phosphoric acid groups is 2. The molecule has 17 nitrogen and oxygen atoms in total. The van der Waals surface area contributed by atoms with E-state index >= 15 is 0 Å². The van der Waals surface area contributed by atoms with Gasteiger partial charge < -0.3 is 33.8 Å². The van der Waals surface area contributed by atoms with E-state index in [1.807, 2.05) is 0 Å². The number of carbonyl (C=O) groups is 4. The lowest BCUT2D eigenvalue weighted by atomic mass is 10.0. The fourth-order valence-corrected chi connectivity index (χ4v) is 11.1. The van der Waals surface area contributed by atoms with Crippen molar-refractivity contribution in [3.8, 4) is 0 Å². The summed E-state index contributed by atoms with van der Waals surface area (Å²) < 4.78 is 68.1. The van der Waals surface area contributed by atoms with E-state index < -0.39 is 97.5 Å². The topological polar surface area (TPSA) is 237 Å². The van der Waals surface area contributed by atoms with Gasteiger partial charge in [0.2, 0.25) is 0 Å². The van der Waals surface area contributed by atoms with Crippen LogP contribution in [-0.4, -0.2) is 96.7 Å². The standard InChI is InChI=1S/C70H128O17P2/c1-7-9-11-13-15-17-19-21-23-25-27-29-33-40-46-52-67(72)80-59-66(87-70(75)55-49-43-37-36-39-45-51-63(5)6)61-85-89(78,79)83-57-64(71)56-82-88(76,77)84-60-65(58-81-68(73)53-47-41-35-31-32-38-44-50-62(3)4)86-69(74)54-48-42-34-30-28-26-24-22-20-18-16-14-12-10-8-2/h17-24,62-66,71H,7-16,25-61H2,1-6H3,(H,76,77)(H,78,79)/b19-17-,20-18-,23-21-,24-22-/t64?,65-,66-/m1/s1. The maximum Gasteiger partial charge on any atom is 0.472 e. The molecule has 0 saturated carbocycles. The van der Waals surface area contributed by atoms with E-state index in [4.69, 9.17) is 37.0 Å². The Labute approximate surface area is 540 Å². The van der Waals surface area contributed by atoms with E-state index in [0.29, 0.717) is 37.5 Å². The van der Waals surface area contributed by atoms with E-state index in [1.165, 1.54) is 83.5 Å². The monoisotopic (exact) mass is 1300 g/mol. The predicted octanol–water partition coefficient (Wildman–Crippen LogP) is 19.1. The molecule has 89 heavy (non-hydrogen) atoms. The molecular formula is C70H128O17P2. The smallest absolute Gasteiger partial charge is 0.462 e. The van der Waals surface area contributed by atoms with Crippen molar-refractivity contribution in [1.29, 1.82) is 0 Å². The number of carbonyl (C=O) groups excluding carboxylic acids is 4. The minimum Gasteiger partial charge on any atom is -0.462 e. The molecule has 0 saturated heterocycles. The minimum atomic E-state index is -4.96. The third-order valence-corrected chi connectivity index (χ3v) is 16.9. The van der Waals surface area contributed by atoms with E-state index in [0.717, 1.165) is 128 Å². The number of esters is 4. The first-order chi connectivity index (χ1) is 42.9. The third-order valence-electron chi connectivity index (χ3n) is 15.0. The number of aliphatic hydroxyl groups excluding tert-OH is 1. The molecule has 3 N–H and O–H groups in total. The summed E-state index contributed by atoms with van der Waals surface area (Å²) in [5.74, 6) is -0.828. The summed E-state index contributed by atoms with van der Waals surface area (Å²) in [6, 6.07) is 0. The molecule has 19 heteroatoms. The van der Waals surface area contributed by atoms with Gasteiger partial charge in [-0.2, -0.15) is 0 Å². The van der Waals surface area contributed by atoms with Gasteiger partial charge in [0, 0.05) is 25.7 Å². The maximum atomic E-state index is 13.0. The lowest BCUT2D eigenvalue weighted by Gasteiger charge is -2.21. The third kappa shape index (κ3) is 63.6. The second-order valence-electron chi connectivity index (χ2n) is 24.8. The first kappa shape index (κ1) is 86.0. The largest absolute Gasteiger partial charge is 0.472 e. The second-order valence-corrected chi connectivity index (χ2v) is 27.8. The van der Waals surface area contributed by atoms with Crippen LogP contribution in [0.4, 0.5) is 0 Å². The molecule has 0 aromatic heterocycles. The van der Waals surface area contributed by atoms with E-state index in [2.05, 4.69) is 90.2 Å². The van der Waals surface area contributed by atoms with Crippen LogP contribution in [0.25, 0.3) is 0 Å². The highest BCUT2D eigenvalue weighted by molar-refractivity contribution is 7.47. The van der Waals surface area contributed by atoms with Crippen molar-refractivity contribution in [3.05, 3.63) is 48.6 Å². The Morgan fingerprint density at radius 1 is 0.348 bits per heavy atom. The number of allylic oxidation sites excluding steroid dienone is 8. The molecule has 0 aliphatic carbocycles. The van der Waals surface area contributed by atoms with Crippen LogP contribution in [0, 0.1) is 11.8 Å². The quantitative estimate of drug-likeness (QED) is 0.0169. The number of hydrogen-bond acceptors (Lipinski definition) is 15. The Hall–Kier alpha value is -2.98. The zero-order chi connectivity index (χ0) is 65.7. The normalized spacial score (nSPS) is 14.5. The van der Waals surface area contributed by atoms with Crippen LogP contribution in [0.5, 0.6) is 0 Å². The average Bonchev–Trinajstić information content (AvgIpc) is 3.71. The lowest BCUT2D eigenvalue weighted by molar-refractivity contribution is -0.161. The highest BCUT2D eigenvalue weighted by Crippen LogP contribution is 2.45. The highest BCUT2D eigenvalue weighted by Gasteiger charge is 2.30. The first-order valence-electron chi connectivity index (χ1n) is 35.1. The Balaban J connectivity index is 5.28. The minimum absolute atomic E-state index is 0.0814. The van der Waals surface area contributed by atoms with Crippen LogP contribution in [0.15, 0.2) is 48.6 Å². The molecule has 0 rings (SSSR count). The number of hydrogen-bond donors (Lipinski definition) is 3. The van der Waals surface area contributed by atoms with Gasteiger partial charge >= 0.3 is 39.5 Å². The molecule has 0 radical (unpaired) electrons. The van der Waals surface area contributed by atoms with Gasteiger partial charge in [0.15, 0.2) is 12.2 Å². The summed E-state index contributed by atoms with van der Waals surface area (Å²) in [7, 11) is -9.92. The van der Waals surface area contributed by atoms with Crippen molar-refractivity contribution >= 4 is 39.5 Å². The molecule has 0 fully saturated rings. The summed E-state index contributed by atoms with van der Waals surface area (Å²) in [4.78, 5) is 72.4. The van der Waals surface area contributed by atoms with Crippen molar-refractivity contribution < 1.29 is 80.2 Å². The number of phosphoric ester groups is 2. The Morgan fingerprint density at radius 2 is 0.607 bits per heavy atom. The Kier molecular flexibility index (Phi) is 59.2. The van der Waals surface area contributed by atoms with Crippen molar-refractivity contribution in [2.75, 3.05) is 39.6 Å². The van der Waals surface area contributed by atoms with Crippen LogP contribution in [0.3, 0.4) is 0 Å². The van der Waals surface area contributed by atoms with Crippen molar-refractivity contribution in [2.45, 2.75) is 323 Å². The predicted molar refractivity (Wildman–Crippen MR) is 358 cm³/mol. The van der Waals surface area contributed by atoms with Crippen LogP contribution < -0.4 is 0 Å². The Morgan fingerprint density at radius 3 is 0.910 bits per heavy atom. The molecule has 0 aliphatic heterocycles. The molecular weight excluding hydrogens is 1170 g/mol. The van der Waals surface area contributed by atoms with E-state index in [9.17, 15) is 43.2 Å². The molecule has 0 bridgehead atoms. The van der Waals surface area contributed by atoms with Crippen LogP contribution in [0.1, 0.15) is 305 Å². The molecule has 520 valence electrons. The number of rotatable bonds is 65. The van der Waals surface area contributed by atoms with Gasteiger partial charge in [-0.1, -0.05) is 251 Å². The first-order valence-corrected chi connectivity index (χ1v) is 38.1. The van der Waals surface area contributed by atoms with Crippen LogP contribution in [-0.2, 0) is 65.4 Å². The van der Waals surface area contributed by atoms with E-state index in [-0.39, 0.29) is 25.7 Å². The molecule has 0 amide bonds. The summed E-state index contributed by atoms with van der Waals surface area (Å²) in [6.45, 7) is 9.25. The second kappa shape index (κ2) is 61.2. The lowest BCUT2D eigenvalue weighted by Crippen LogP contribution is -2.30. The SMILES string of the molecule is CCCCCC/C=C\C=C/CCCCCCCC(=O)OC[C@H](COP(=O)(O)OCC(O)COP(=O)(O)OC[C@@H](COC(=O)CCCCCCCCCC(C)C)OC(=O)CCCCCCC/C=C\C=C/CCCCCC)OC(=O)CCCCCCCCC(C)C. The molecule has 0 spiro atoms. The molecule has 0 aliphatic rings. The molecule has 5 atom stereocenters. The molecule has 3 unspecified atom stereocenters. The highest BCUT2D eigenvalue weighted by atomic mass is 31.2. The number of aliphatic hydroxyl groups is 1. The van der Waals surface area contributed by atoms with Gasteiger partial charge in [-0.15, -0.1) is 0 Å². The number of unbranched alkanes of at least 4 members (excludes halogenated alkanes) is 29. The van der Waals surface area contributed by atoms with Gasteiger partial charge in [0.25, 0.3) is 0 Å². The van der Waals surface area contributed by atoms with Crippen molar-refractivity contribution in [1.82, 2.24) is 0 Å². The van der Waals surface area contributed by atoms with Gasteiger partial charge in [0.1, 0.15) is 19.3 Å². The van der Waals surface area contributed by atoms with Gasteiger partial charge in [-0.3, -0.25) is 37.3 Å². The Bertz CT molecular complexity index is 1920. The van der Waals surface area contributed by atoms with Crippen LogP contribution >= 0.6 is 15.6 Å². The van der Waals surface area contributed by atoms with Gasteiger partial charge in [-0.05, 0) is 88.9 Å². The van der Waals surface area contributed by atoms with Gasteiger partial charge in [0.05, 0.1) is 26.4 Å². The molecule has 0 aromatic carbocycles. The fourth-order valence-electron chi connectivity index (χ4n) is 9.51. The summed E-state index contributed by atoms with van der Waals surface area (Å²) >= 11 is 0. The van der Waals surface area contributed by atoms with Crippen molar-refractivity contribution in [3.63, 3.8) is 0 Å². The summed E-state index contributed by atoms with van der Waals surface area (Å²) in [6.07, 6.45) is 51.9. The zero-order valence-corrected chi connectivity index (χ0v) is 58.5. The molecule has 0 aromatic rings. The summed E-state index contributed by atoms with van der Waals surface area (Å²) in [5, 5.41) is 10.6. The average molecular weight is 1300 g/mol.